The second kappa shape index (κ2) is 6.09. The van der Waals surface area contributed by atoms with Gasteiger partial charge in [-0.1, -0.05) is 0 Å². The first-order chi connectivity index (χ1) is 9.88. The number of sulfone groups is 1. The Balaban J connectivity index is 2.02. The van der Waals surface area contributed by atoms with Crippen molar-refractivity contribution >= 4 is 21.4 Å². The van der Waals surface area contributed by atoms with Crippen LogP contribution in [0, 0.1) is 0 Å². The van der Waals surface area contributed by atoms with Gasteiger partial charge < -0.3 is 9.73 Å². The van der Waals surface area contributed by atoms with Crippen LogP contribution in [0.2, 0.25) is 0 Å². The Morgan fingerprint density at radius 1 is 1.29 bits per heavy atom. The first-order valence-electron chi connectivity index (χ1n) is 6.39. The van der Waals surface area contributed by atoms with Crippen LogP contribution in [0.15, 0.2) is 41.3 Å². The Morgan fingerprint density at radius 2 is 1.95 bits per heavy atom. The molecular weight excluding hydrogens is 292 g/mol. The minimum atomic E-state index is -3.40. The maximum atomic E-state index is 11.7. The molecule has 112 valence electrons. The van der Waals surface area contributed by atoms with Crippen LogP contribution in [0.1, 0.15) is 13.8 Å². The monoisotopic (exact) mass is 308 g/mol. The second-order valence-electron chi connectivity index (χ2n) is 4.85. The zero-order valence-corrected chi connectivity index (χ0v) is 12.6. The predicted molar refractivity (Wildman–Crippen MR) is 79.5 cm³/mol. The maximum Gasteiger partial charge on any atom is 0.239 e. The normalized spacial score (nSPS) is 11.6. The number of oxazole rings is 1. The summed E-state index contributed by atoms with van der Waals surface area (Å²) in [5.41, 5.74) is 1.35. The molecule has 2 aromatic rings. The lowest BCUT2D eigenvalue weighted by Crippen LogP contribution is -2.27. The zero-order valence-electron chi connectivity index (χ0n) is 11.7. The van der Waals surface area contributed by atoms with Gasteiger partial charge in [0.25, 0.3) is 0 Å². The highest BCUT2D eigenvalue weighted by Gasteiger charge is 2.20. The third-order valence-electron chi connectivity index (χ3n) is 2.94. The lowest BCUT2D eigenvalue weighted by atomic mass is 10.2. The van der Waals surface area contributed by atoms with Gasteiger partial charge in [0.05, 0.1) is 11.4 Å². The van der Waals surface area contributed by atoms with Crippen molar-refractivity contribution in [3.63, 3.8) is 0 Å². The van der Waals surface area contributed by atoms with Crippen LogP contribution in [-0.4, -0.2) is 30.3 Å². The second-order valence-corrected chi connectivity index (χ2v) is 7.40. The number of rotatable bonds is 5. The average molecular weight is 308 g/mol. The van der Waals surface area contributed by atoms with Gasteiger partial charge in [-0.15, -0.1) is 0 Å². The molecule has 1 aromatic carbocycles. The number of hydrogen-bond acceptors (Lipinski definition) is 5. The molecule has 0 aliphatic heterocycles. The highest BCUT2D eigenvalue weighted by molar-refractivity contribution is 7.92. The largest absolute Gasteiger partial charge is 0.444 e. The number of aromatic nitrogens is 1. The molecule has 7 heteroatoms. The molecule has 0 aliphatic carbocycles. The van der Waals surface area contributed by atoms with Crippen molar-refractivity contribution in [1.82, 2.24) is 4.98 Å². The van der Waals surface area contributed by atoms with Crippen molar-refractivity contribution in [2.24, 2.45) is 0 Å². The Kier molecular flexibility index (Phi) is 4.42. The van der Waals surface area contributed by atoms with Crippen molar-refractivity contribution in [3.8, 4) is 11.3 Å². The quantitative estimate of drug-likeness (QED) is 0.913. The number of carbonyl (C=O) groups is 1. The lowest BCUT2D eigenvalue weighted by Gasteiger charge is -2.08. The van der Waals surface area contributed by atoms with Crippen LogP contribution >= 0.6 is 0 Å². The van der Waals surface area contributed by atoms with E-state index in [4.69, 9.17) is 4.42 Å². The molecule has 0 fully saturated rings. The molecule has 1 N–H and O–H groups in total. The molecule has 2 rings (SSSR count). The van der Waals surface area contributed by atoms with Crippen LogP contribution in [0.5, 0.6) is 0 Å². The number of amides is 1. The fraction of sp³-hybridized carbons (Fsp3) is 0.286. The van der Waals surface area contributed by atoms with Gasteiger partial charge in [0, 0.05) is 11.3 Å². The molecule has 0 aliphatic rings. The van der Waals surface area contributed by atoms with E-state index in [-0.39, 0.29) is 0 Å². The third kappa shape index (κ3) is 3.91. The number of carbonyl (C=O) groups excluding carboxylic acids is 1. The smallest absolute Gasteiger partial charge is 0.239 e. The molecule has 0 saturated heterocycles. The summed E-state index contributed by atoms with van der Waals surface area (Å²) < 4.78 is 28.5. The van der Waals surface area contributed by atoms with Gasteiger partial charge in [0.15, 0.2) is 22.0 Å². The fourth-order valence-electron chi connectivity index (χ4n) is 1.62. The molecule has 1 amide bonds. The zero-order chi connectivity index (χ0) is 15.5. The summed E-state index contributed by atoms with van der Waals surface area (Å²) >= 11 is 0. The van der Waals surface area contributed by atoms with Crippen LogP contribution in [0.3, 0.4) is 0 Å². The van der Waals surface area contributed by atoms with Gasteiger partial charge in [-0.25, -0.2) is 13.4 Å². The molecular formula is C14H16N2O4S. The van der Waals surface area contributed by atoms with Crippen LogP contribution < -0.4 is 5.32 Å². The summed E-state index contributed by atoms with van der Waals surface area (Å²) in [6.07, 6.45) is 2.92. The van der Waals surface area contributed by atoms with E-state index in [1.165, 1.54) is 6.39 Å². The number of nitrogens with zero attached hydrogens (tertiary/aromatic N) is 1. The fourth-order valence-corrected chi connectivity index (χ4v) is 2.39. The standard InChI is InChI=1S/C14H16N2O4S/c1-10(2)21(18,19)8-14(17)16-12-5-3-11(4-6-12)13-7-15-9-20-13/h3-7,9-10H,8H2,1-2H3,(H,16,17). The molecule has 6 nitrogen and oxygen atoms in total. The molecule has 1 heterocycles. The summed E-state index contributed by atoms with van der Waals surface area (Å²) in [5, 5.41) is 1.99. The first-order valence-corrected chi connectivity index (χ1v) is 8.10. The summed E-state index contributed by atoms with van der Waals surface area (Å²) in [5.74, 6) is -0.444. The SMILES string of the molecule is CC(C)S(=O)(=O)CC(=O)Nc1ccc(-c2cnco2)cc1. The molecule has 21 heavy (non-hydrogen) atoms. The van der Waals surface area contributed by atoms with Gasteiger partial charge in [0.1, 0.15) is 5.75 Å². The van der Waals surface area contributed by atoms with E-state index in [0.717, 1.165) is 5.56 Å². The lowest BCUT2D eigenvalue weighted by molar-refractivity contribution is -0.113. The average Bonchev–Trinajstić information content (AvgIpc) is 2.92. The van der Waals surface area contributed by atoms with E-state index >= 15 is 0 Å². The Labute approximate surface area is 123 Å². The van der Waals surface area contributed by atoms with Gasteiger partial charge in [-0.05, 0) is 38.1 Å². The molecule has 0 unspecified atom stereocenters. The highest BCUT2D eigenvalue weighted by Crippen LogP contribution is 2.20. The van der Waals surface area contributed by atoms with Gasteiger partial charge in [-0.3, -0.25) is 4.79 Å². The number of nitrogens with one attached hydrogen (secondary N) is 1. The van der Waals surface area contributed by atoms with Crippen molar-refractivity contribution < 1.29 is 17.6 Å². The minimum Gasteiger partial charge on any atom is -0.444 e. The van der Waals surface area contributed by atoms with Gasteiger partial charge in [-0.2, -0.15) is 0 Å². The molecule has 0 radical (unpaired) electrons. The topological polar surface area (TPSA) is 89.3 Å². The number of hydrogen-bond donors (Lipinski definition) is 1. The van der Waals surface area contributed by atoms with Gasteiger partial charge in [0.2, 0.25) is 5.91 Å². The minimum absolute atomic E-state index is 0.519. The Bertz CT molecular complexity index is 704. The number of benzene rings is 1. The summed E-state index contributed by atoms with van der Waals surface area (Å²) in [6, 6.07) is 6.87. The van der Waals surface area contributed by atoms with E-state index in [0.29, 0.717) is 11.4 Å². The molecule has 1 aromatic heterocycles. The van der Waals surface area contributed by atoms with E-state index in [9.17, 15) is 13.2 Å². The summed E-state index contributed by atoms with van der Waals surface area (Å²) in [6.45, 7) is 3.10. The first kappa shape index (κ1) is 15.2. The van der Waals surface area contributed by atoms with E-state index < -0.39 is 26.7 Å². The van der Waals surface area contributed by atoms with Crippen LogP contribution in [0.4, 0.5) is 5.69 Å². The van der Waals surface area contributed by atoms with Crippen molar-refractivity contribution in [2.45, 2.75) is 19.1 Å². The number of anilines is 1. The van der Waals surface area contributed by atoms with Gasteiger partial charge >= 0.3 is 0 Å². The van der Waals surface area contributed by atoms with E-state index in [1.807, 2.05) is 0 Å². The summed E-state index contributed by atoms with van der Waals surface area (Å²) in [4.78, 5) is 15.6. The predicted octanol–water partition coefficient (Wildman–Crippen LogP) is 2.10. The van der Waals surface area contributed by atoms with E-state index in [1.54, 1.807) is 44.3 Å². The Hall–Kier alpha value is -2.15. The van der Waals surface area contributed by atoms with Crippen LogP contribution in [0.25, 0.3) is 11.3 Å². The van der Waals surface area contributed by atoms with Crippen LogP contribution in [-0.2, 0) is 14.6 Å². The molecule has 0 saturated carbocycles. The third-order valence-corrected chi connectivity index (χ3v) is 5.04. The summed E-state index contributed by atoms with van der Waals surface area (Å²) in [7, 11) is -3.40. The van der Waals surface area contributed by atoms with E-state index in [2.05, 4.69) is 10.3 Å². The highest BCUT2D eigenvalue weighted by atomic mass is 32.2. The Morgan fingerprint density at radius 3 is 2.48 bits per heavy atom. The molecule has 0 bridgehead atoms. The van der Waals surface area contributed by atoms with Crippen molar-refractivity contribution in [1.29, 1.82) is 0 Å². The maximum absolute atomic E-state index is 11.7. The van der Waals surface area contributed by atoms with Crippen molar-refractivity contribution in [2.75, 3.05) is 11.1 Å². The molecule has 0 atom stereocenters. The molecule has 0 spiro atoms. The van der Waals surface area contributed by atoms with Crippen molar-refractivity contribution in [3.05, 3.63) is 36.9 Å².